The van der Waals surface area contributed by atoms with Crippen LogP contribution in [0.25, 0.3) is 0 Å². The van der Waals surface area contributed by atoms with Crippen molar-refractivity contribution in [2.45, 2.75) is 44.8 Å². The third-order valence-electron chi connectivity index (χ3n) is 2.64. The van der Waals surface area contributed by atoms with E-state index in [0.717, 1.165) is 5.56 Å². The monoisotopic (exact) mass is 245 g/mol. The minimum atomic E-state index is -4.18. The second-order valence-corrected chi connectivity index (χ2v) is 4.68. The fourth-order valence-electron chi connectivity index (χ4n) is 1.71. The van der Waals surface area contributed by atoms with Crippen LogP contribution < -0.4 is 5.73 Å². The molecule has 0 saturated heterocycles. The van der Waals surface area contributed by atoms with Gasteiger partial charge in [-0.15, -0.1) is 0 Å². The van der Waals surface area contributed by atoms with Crippen LogP contribution in [-0.2, 0) is 6.42 Å². The van der Waals surface area contributed by atoms with E-state index >= 15 is 0 Å². The smallest absolute Gasteiger partial charge is 0.327 e. The Labute approximate surface area is 99.8 Å². The number of benzene rings is 1. The molecular formula is C13H18F3N. The van der Waals surface area contributed by atoms with Crippen molar-refractivity contribution in [2.75, 3.05) is 0 Å². The highest BCUT2D eigenvalue weighted by molar-refractivity contribution is 5.25. The summed E-state index contributed by atoms with van der Waals surface area (Å²) in [6, 6.07) is 6.73. The van der Waals surface area contributed by atoms with E-state index in [0.29, 0.717) is 5.92 Å². The molecule has 0 aromatic heterocycles. The minimum Gasteiger partial charge on any atom is -0.327 e. The summed E-state index contributed by atoms with van der Waals surface area (Å²) < 4.78 is 36.3. The fraction of sp³-hybridized carbons (Fsp3) is 0.538. The largest absolute Gasteiger partial charge is 0.390 e. The highest BCUT2D eigenvalue weighted by Crippen LogP contribution is 2.22. The van der Waals surface area contributed by atoms with Gasteiger partial charge in [0.2, 0.25) is 0 Å². The van der Waals surface area contributed by atoms with Gasteiger partial charge in [0, 0.05) is 6.04 Å². The lowest BCUT2D eigenvalue weighted by Crippen LogP contribution is -2.29. The molecule has 0 amide bonds. The van der Waals surface area contributed by atoms with Gasteiger partial charge in [0.25, 0.3) is 0 Å². The van der Waals surface area contributed by atoms with E-state index < -0.39 is 18.6 Å². The molecular weight excluding hydrogens is 227 g/mol. The highest BCUT2D eigenvalue weighted by atomic mass is 19.4. The van der Waals surface area contributed by atoms with Gasteiger partial charge in [-0.1, -0.05) is 38.1 Å². The molecule has 0 aliphatic rings. The molecule has 0 spiro atoms. The molecule has 2 N–H and O–H groups in total. The summed E-state index contributed by atoms with van der Waals surface area (Å²) in [4.78, 5) is 0. The van der Waals surface area contributed by atoms with Gasteiger partial charge < -0.3 is 5.73 Å². The Kier molecular flexibility index (Phi) is 4.57. The number of halogens is 3. The summed E-state index contributed by atoms with van der Waals surface area (Å²) in [5, 5.41) is 0. The lowest BCUT2D eigenvalue weighted by Gasteiger charge is -2.14. The SMILES string of the molecule is CC(C)c1ccc(CC(N)CC(F)(F)F)cc1. The molecule has 4 heteroatoms. The minimum absolute atomic E-state index is 0.262. The summed E-state index contributed by atoms with van der Waals surface area (Å²) in [6.45, 7) is 4.15. The number of hydrogen-bond acceptors (Lipinski definition) is 1. The zero-order chi connectivity index (χ0) is 13.1. The average molecular weight is 245 g/mol. The Morgan fingerprint density at radius 2 is 1.65 bits per heavy atom. The Morgan fingerprint density at radius 1 is 1.12 bits per heavy atom. The van der Waals surface area contributed by atoms with Crippen LogP contribution in [0.3, 0.4) is 0 Å². The second kappa shape index (κ2) is 5.54. The molecule has 0 radical (unpaired) electrons. The third kappa shape index (κ3) is 5.22. The topological polar surface area (TPSA) is 26.0 Å². The van der Waals surface area contributed by atoms with Gasteiger partial charge in [-0.2, -0.15) is 13.2 Å². The summed E-state index contributed by atoms with van der Waals surface area (Å²) in [7, 11) is 0. The van der Waals surface area contributed by atoms with E-state index in [1.54, 1.807) is 0 Å². The lowest BCUT2D eigenvalue weighted by atomic mass is 9.98. The molecule has 0 fully saturated rings. The van der Waals surface area contributed by atoms with Gasteiger partial charge in [-0.05, 0) is 23.5 Å². The van der Waals surface area contributed by atoms with Crippen molar-refractivity contribution in [1.82, 2.24) is 0 Å². The van der Waals surface area contributed by atoms with Crippen LogP contribution in [-0.4, -0.2) is 12.2 Å². The van der Waals surface area contributed by atoms with Crippen LogP contribution in [0, 0.1) is 0 Å². The van der Waals surface area contributed by atoms with Crippen molar-refractivity contribution in [1.29, 1.82) is 0 Å². The standard InChI is InChI=1S/C13H18F3N/c1-9(2)11-5-3-10(4-6-11)7-12(17)8-13(14,15)16/h3-6,9,12H,7-8,17H2,1-2H3. The first-order valence-corrected chi connectivity index (χ1v) is 5.69. The normalized spacial score (nSPS) is 14.1. The number of alkyl halides is 3. The fourth-order valence-corrected chi connectivity index (χ4v) is 1.71. The summed E-state index contributed by atoms with van der Waals surface area (Å²) in [5.41, 5.74) is 7.50. The van der Waals surface area contributed by atoms with E-state index in [-0.39, 0.29) is 6.42 Å². The first-order chi connectivity index (χ1) is 7.78. The summed E-state index contributed by atoms with van der Waals surface area (Å²) in [6.07, 6.45) is -4.85. The van der Waals surface area contributed by atoms with Gasteiger partial charge in [0.05, 0.1) is 6.42 Å². The summed E-state index contributed by atoms with van der Waals surface area (Å²) in [5.74, 6) is 0.424. The molecule has 0 aliphatic carbocycles. The van der Waals surface area contributed by atoms with Gasteiger partial charge >= 0.3 is 6.18 Å². The molecule has 96 valence electrons. The van der Waals surface area contributed by atoms with Crippen LogP contribution in [0.2, 0.25) is 0 Å². The van der Waals surface area contributed by atoms with Gasteiger partial charge in [0.1, 0.15) is 0 Å². The molecule has 1 aromatic rings. The van der Waals surface area contributed by atoms with Crippen LogP contribution >= 0.6 is 0 Å². The van der Waals surface area contributed by atoms with E-state index in [2.05, 4.69) is 13.8 Å². The highest BCUT2D eigenvalue weighted by Gasteiger charge is 2.30. The first kappa shape index (κ1) is 14.0. The van der Waals surface area contributed by atoms with Crippen molar-refractivity contribution in [3.63, 3.8) is 0 Å². The van der Waals surface area contributed by atoms with E-state index in [9.17, 15) is 13.2 Å². The Balaban J connectivity index is 2.57. The quantitative estimate of drug-likeness (QED) is 0.861. The molecule has 0 heterocycles. The molecule has 17 heavy (non-hydrogen) atoms. The second-order valence-electron chi connectivity index (χ2n) is 4.68. The maximum absolute atomic E-state index is 12.1. The summed E-state index contributed by atoms with van der Waals surface area (Å²) >= 11 is 0. The number of rotatable bonds is 4. The molecule has 0 aliphatic heterocycles. The van der Waals surface area contributed by atoms with E-state index in [1.165, 1.54) is 5.56 Å². The molecule has 0 bridgehead atoms. The van der Waals surface area contributed by atoms with Crippen LogP contribution in [0.4, 0.5) is 13.2 Å². The molecule has 0 saturated carbocycles. The van der Waals surface area contributed by atoms with Crippen molar-refractivity contribution in [2.24, 2.45) is 5.73 Å². The van der Waals surface area contributed by atoms with Gasteiger partial charge in [-0.3, -0.25) is 0 Å². The Hall–Kier alpha value is -1.03. The molecule has 1 unspecified atom stereocenters. The van der Waals surface area contributed by atoms with Crippen LogP contribution in [0.1, 0.15) is 37.3 Å². The maximum atomic E-state index is 12.1. The molecule has 1 rings (SSSR count). The lowest BCUT2D eigenvalue weighted by molar-refractivity contribution is -0.138. The van der Waals surface area contributed by atoms with Crippen molar-refractivity contribution >= 4 is 0 Å². The first-order valence-electron chi connectivity index (χ1n) is 5.69. The third-order valence-corrected chi connectivity index (χ3v) is 2.64. The van der Waals surface area contributed by atoms with Crippen molar-refractivity contribution in [3.05, 3.63) is 35.4 Å². The van der Waals surface area contributed by atoms with E-state index in [1.807, 2.05) is 24.3 Å². The van der Waals surface area contributed by atoms with Crippen molar-refractivity contribution in [3.8, 4) is 0 Å². The van der Waals surface area contributed by atoms with Gasteiger partial charge in [0.15, 0.2) is 0 Å². The Bertz CT molecular complexity index is 341. The Morgan fingerprint density at radius 3 is 2.06 bits per heavy atom. The number of nitrogens with two attached hydrogens (primary N) is 1. The zero-order valence-corrected chi connectivity index (χ0v) is 10.1. The average Bonchev–Trinajstić information content (AvgIpc) is 2.15. The predicted octanol–water partition coefficient (Wildman–Crippen LogP) is 3.63. The molecule has 1 aromatic carbocycles. The zero-order valence-electron chi connectivity index (χ0n) is 10.1. The number of hydrogen-bond donors (Lipinski definition) is 1. The van der Waals surface area contributed by atoms with Crippen molar-refractivity contribution < 1.29 is 13.2 Å². The molecule has 1 nitrogen and oxygen atoms in total. The predicted molar refractivity (Wildman–Crippen MR) is 62.9 cm³/mol. The van der Waals surface area contributed by atoms with Crippen LogP contribution in [0.15, 0.2) is 24.3 Å². The van der Waals surface area contributed by atoms with Crippen LogP contribution in [0.5, 0.6) is 0 Å². The van der Waals surface area contributed by atoms with Gasteiger partial charge in [-0.25, -0.2) is 0 Å². The van der Waals surface area contributed by atoms with E-state index in [4.69, 9.17) is 5.73 Å². The molecule has 1 atom stereocenters. The maximum Gasteiger partial charge on any atom is 0.390 e.